The van der Waals surface area contributed by atoms with Crippen molar-refractivity contribution in [2.24, 2.45) is 0 Å². The lowest BCUT2D eigenvalue weighted by Gasteiger charge is -2.26. The molecule has 4 nitrogen and oxygen atoms in total. The van der Waals surface area contributed by atoms with Gasteiger partial charge in [-0.2, -0.15) is 0 Å². The van der Waals surface area contributed by atoms with Crippen LogP contribution >= 0.6 is 0 Å². The molecule has 1 amide bonds. The predicted molar refractivity (Wildman–Crippen MR) is 88.2 cm³/mol. The highest BCUT2D eigenvalue weighted by Crippen LogP contribution is 2.18. The van der Waals surface area contributed by atoms with Crippen LogP contribution in [0, 0.1) is 0 Å². The van der Waals surface area contributed by atoms with E-state index in [1.54, 1.807) is 0 Å². The average Bonchev–Trinajstić information content (AvgIpc) is 2.59. The zero-order chi connectivity index (χ0) is 15.2. The molecule has 1 aliphatic heterocycles. The molecule has 0 atom stereocenters. The number of ether oxygens (including phenoxy) is 1. The molecule has 1 N–H and O–H groups in total. The Labute approximate surface area is 131 Å². The third-order valence-electron chi connectivity index (χ3n) is 4.07. The molecule has 0 unspecified atom stereocenters. The molecule has 1 fully saturated rings. The Morgan fingerprint density at radius 2 is 1.86 bits per heavy atom. The molecular formula is C18H22N2O2. The fraction of sp³-hybridized carbons (Fsp3) is 0.389. The first-order chi connectivity index (χ1) is 10.8. The van der Waals surface area contributed by atoms with Gasteiger partial charge in [0.1, 0.15) is 0 Å². The maximum atomic E-state index is 12.4. The molecule has 0 bridgehead atoms. The van der Waals surface area contributed by atoms with Gasteiger partial charge in [0.25, 0.3) is 5.91 Å². The Hall–Kier alpha value is -1.91. The summed E-state index contributed by atoms with van der Waals surface area (Å²) in [5.41, 5.74) is 0.754. The fourth-order valence-electron chi connectivity index (χ4n) is 2.85. The van der Waals surface area contributed by atoms with E-state index >= 15 is 0 Å². The molecule has 4 heteroatoms. The number of hydrogen-bond acceptors (Lipinski definition) is 3. The highest BCUT2D eigenvalue weighted by atomic mass is 16.5. The lowest BCUT2D eigenvalue weighted by Crippen LogP contribution is -2.38. The number of carbonyl (C=O) groups excluding carboxylic acids is 1. The Morgan fingerprint density at radius 1 is 1.09 bits per heavy atom. The molecule has 22 heavy (non-hydrogen) atoms. The maximum absolute atomic E-state index is 12.4. The maximum Gasteiger partial charge on any atom is 0.251 e. The number of nitrogens with one attached hydrogen (secondary N) is 1. The minimum absolute atomic E-state index is 0.0128. The van der Waals surface area contributed by atoms with E-state index in [0.717, 1.165) is 55.6 Å². The number of benzene rings is 2. The molecule has 0 saturated carbocycles. The van der Waals surface area contributed by atoms with Gasteiger partial charge in [-0.1, -0.05) is 36.4 Å². The third kappa shape index (κ3) is 3.64. The monoisotopic (exact) mass is 298 g/mol. The first-order valence-electron chi connectivity index (χ1n) is 7.91. The Kier molecular flexibility index (Phi) is 5.03. The minimum atomic E-state index is 0.0128. The van der Waals surface area contributed by atoms with Crippen molar-refractivity contribution in [1.29, 1.82) is 0 Å². The lowest BCUT2D eigenvalue weighted by atomic mass is 10.0. The van der Waals surface area contributed by atoms with E-state index in [1.165, 1.54) is 0 Å². The van der Waals surface area contributed by atoms with Gasteiger partial charge in [-0.05, 0) is 29.8 Å². The molecule has 0 aliphatic carbocycles. The summed E-state index contributed by atoms with van der Waals surface area (Å²) in [5, 5.41) is 5.14. The van der Waals surface area contributed by atoms with E-state index in [2.05, 4.69) is 10.2 Å². The number of nitrogens with zero attached hydrogens (tertiary/aromatic N) is 1. The topological polar surface area (TPSA) is 41.6 Å². The SMILES string of the molecule is O=C(NCCCN1CCOCC1)c1cccc2ccccc12. The van der Waals surface area contributed by atoms with Crippen LogP contribution in [0.3, 0.4) is 0 Å². The van der Waals surface area contributed by atoms with Crippen LogP contribution in [-0.2, 0) is 4.74 Å². The van der Waals surface area contributed by atoms with Gasteiger partial charge in [0, 0.05) is 25.2 Å². The van der Waals surface area contributed by atoms with Crippen molar-refractivity contribution in [2.75, 3.05) is 39.4 Å². The molecular weight excluding hydrogens is 276 g/mol. The normalized spacial score (nSPS) is 15.8. The van der Waals surface area contributed by atoms with Crippen molar-refractivity contribution in [3.05, 3.63) is 48.0 Å². The van der Waals surface area contributed by atoms with Crippen molar-refractivity contribution in [3.63, 3.8) is 0 Å². The van der Waals surface area contributed by atoms with E-state index in [1.807, 2.05) is 42.5 Å². The van der Waals surface area contributed by atoms with Crippen LogP contribution in [-0.4, -0.2) is 50.2 Å². The molecule has 1 aliphatic rings. The second-order valence-electron chi connectivity index (χ2n) is 5.59. The average molecular weight is 298 g/mol. The van der Waals surface area contributed by atoms with Gasteiger partial charge in [0.05, 0.1) is 13.2 Å². The second-order valence-corrected chi connectivity index (χ2v) is 5.59. The van der Waals surface area contributed by atoms with Crippen LogP contribution in [0.5, 0.6) is 0 Å². The van der Waals surface area contributed by atoms with Crippen LogP contribution < -0.4 is 5.32 Å². The Bertz CT molecular complexity index is 631. The van der Waals surface area contributed by atoms with Crippen LogP contribution in [0.2, 0.25) is 0 Å². The Balaban J connectivity index is 1.53. The van der Waals surface area contributed by atoms with Gasteiger partial charge < -0.3 is 10.1 Å². The molecule has 2 aromatic carbocycles. The molecule has 2 aromatic rings. The van der Waals surface area contributed by atoms with Gasteiger partial charge >= 0.3 is 0 Å². The van der Waals surface area contributed by atoms with Gasteiger partial charge in [0.15, 0.2) is 0 Å². The van der Waals surface area contributed by atoms with Gasteiger partial charge in [-0.3, -0.25) is 9.69 Å². The van der Waals surface area contributed by atoms with E-state index in [0.29, 0.717) is 6.54 Å². The summed E-state index contributed by atoms with van der Waals surface area (Å²) in [6.45, 7) is 5.36. The second kappa shape index (κ2) is 7.38. The quantitative estimate of drug-likeness (QED) is 0.861. The number of hydrogen-bond donors (Lipinski definition) is 1. The standard InChI is InChI=1S/C18H22N2O2/c21-18(19-9-4-10-20-11-13-22-14-12-20)17-8-3-6-15-5-1-2-7-16(15)17/h1-3,5-8H,4,9-14H2,(H,19,21). The minimum Gasteiger partial charge on any atom is -0.379 e. The van der Waals surface area contributed by atoms with E-state index < -0.39 is 0 Å². The summed E-state index contributed by atoms with van der Waals surface area (Å²) in [5.74, 6) is 0.0128. The summed E-state index contributed by atoms with van der Waals surface area (Å²) in [7, 11) is 0. The number of amides is 1. The highest BCUT2D eigenvalue weighted by molar-refractivity contribution is 6.06. The van der Waals surface area contributed by atoms with Crippen LogP contribution in [0.15, 0.2) is 42.5 Å². The fourth-order valence-corrected chi connectivity index (χ4v) is 2.85. The number of carbonyl (C=O) groups is 1. The smallest absolute Gasteiger partial charge is 0.251 e. The van der Waals surface area contributed by atoms with Crippen molar-refractivity contribution in [3.8, 4) is 0 Å². The molecule has 0 radical (unpaired) electrons. The van der Waals surface area contributed by atoms with Crippen LogP contribution in [0.25, 0.3) is 10.8 Å². The van der Waals surface area contributed by atoms with Gasteiger partial charge in [-0.15, -0.1) is 0 Å². The lowest BCUT2D eigenvalue weighted by molar-refractivity contribution is 0.0374. The molecule has 0 spiro atoms. The van der Waals surface area contributed by atoms with Gasteiger partial charge in [-0.25, -0.2) is 0 Å². The zero-order valence-electron chi connectivity index (χ0n) is 12.8. The van der Waals surface area contributed by atoms with Crippen molar-refractivity contribution in [2.45, 2.75) is 6.42 Å². The predicted octanol–water partition coefficient (Wildman–Crippen LogP) is 2.29. The summed E-state index contributed by atoms with van der Waals surface area (Å²) in [4.78, 5) is 14.7. The highest BCUT2D eigenvalue weighted by Gasteiger charge is 2.11. The molecule has 116 valence electrons. The largest absolute Gasteiger partial charge is 0.379 e. The van der Waals surface area contributed by atoms with Crippen molar-refractivity contribution >= 4 is 16.7 Å². The molecule has 1 heterocycles. The molecule has 0 aromatic heterocycles. The van der Waals surface area contributed by atoms with E-state index in [9.17, 15) is 4.79 Å². The summed E-state index contributed by atoms with van der Waals surface area (Å²) < 4.78 is 5.33. The third-order valence-corrected chi connectivity index (χ3v) is 4.07. The first kappa shape index (κ1) is 15.0. The van der Waals surface area contributed by atoms with Crippen LogP contribution in [0.4, 0.5) is 0 Å². The van der Waals surface area contributed by atoms with Crippen LogP contribution in [0.1, 0.15) is 16.8 Å². The summed E-state index contributed by atoms with van der Waals surface area (Å²) in [6, 6.07) is 13.8. The Morgan fingerprint density at radius 3 is 2.73 bits per heavy atom. The van der Waals surface area contributed by atoms with E-state index in [-0.39, 0.29) is 5.91 Å². The number of rotatable bonds is 5. The summed E-state index contributed by atoms with van der Waals surface area (Å²) in [6.07, 6.45) is 0.969. The molecule has 3 rings (SSSR count). The summed E-state index contributed by atoms with van der Waals surface area (Å²) >= 11 is 0. The zero-order valence-corrected chi connectivity index (χ0v) is 12.8. The first-order valence-corrected chi connectivity index (χ1v) is 7.91. The van der Waals surface area contributed by atoms with Crippen molar-refractivity contribution < 1.29 is 9.53 Å². The van der Waals surface area contributed by atoms with Gasteiger partial charge in [0.2, 0.25) is 0 Å². The van der Waals surface area contributed by atoms with E-state index in [4.69, 9.17) is 4.74 Å². The number of morpholine rings is 1. The number of fused-ring (bicyclic) bond motifs is 1. The van der Waals surface area contributed by atoms with Crippen molar-refractivity contribution in [1.82, 2.24) is 10.2 Å². The molecule has 1 saturated heterocycles.